The molecule has 1 aromatic rings. The Kier molecular flexibility index (Phi) is 3.71. The number of anilines is 1. The van der Waals surface area contributed by atoms with E-state index < -0.39 is 5.97 Å². The molecule has 6 heteroatoms. The minimum absolute atomic E-state index is 0.0982. The first kappa shape index (κ1) is 13.7. The Hall–Kier alpha value is -1.69. The minimum Gasteiger partial charge on any atom is -0.464 e. The summed E-state index contributed by atoms with van der Waals surface area (Å²) in [5.41, 5.74) is 0.334. The highest BCUT2D eigenvalue weighted by Crippen LogP contribution is 2.22. The number of esters is 1. The molecule has 0 unspecified atom stereocenters. The molecule has 0 atom stereocenters. The summed E-state index contributed by atoms with van der Waals surface area (Å²) >= 11 is 0. The fraction of sp³-hybridized carbons (Fsp3) is 0.615. The Labute approximate surface area is 113 Å². The van der Waals surface area contributed by atoms with Gasteiger partial charge >= 0.3 is 5.97 Å². The summed E-state index contributed by atoms with van der Waals surface area (Å²) in [6.45, 7) is 7.18. The molecule has 1 aromatic heterocycles. The first-order valence-electron chi connectivity index (χ1n) is 6.30. The van der Waals surface area contributed by atoms with E-state index in [0.717, 1.165) is 25.5 Å². The third-order valence-electron chi connectivity index (χ3n) is 3.67. The predicted octanol–water partition coefficient (Wildman–Crippen LogP) is 0.794. The van der Waals surface area contributed by atoms with Crippen molar-refractivity contribution in [2.24, 2.45) is 0 Å². The van der Waals surface area contributed by atoms with E-state index in [1.54, 1.807) is 6.20 Å². The molecule has 19 heavy (non-hydrogen) atoms. The van der Waals surface area contributed by atoms with Gasteiger partial charge < -0.3 is 9.64 Å². The van der Waals surface area contributed by atoms with Gasteiger partial charge in [-0.3, -0.25) is 4.90 Å². The molecule has 0 amide bonds. The van der Waals surface area contributed by atoms with Crippen LogP contribution in [-0.4, -0.2) is 60.2 Å². The van der Waals surface area contributed by atoms with Crippen molar-refractivity contribution >= 4 is 11.8 Å². The monoisotopic (exact) mass is 264 g/mol. The third-order valence-corrected chi connectivity index (χ3v) is 3.67. The first-order chi connectivity index (χ1) is 8.94. The van der Waals surface area contributed by atoms with Crippen LogP contribution in [0.15, 0.2) is 12.4 Å². The van der Waals surface area contributed by atoms with E-state index in [-0.39, 0.29) is 11.2 Å². The summed E-state index contributed by atoms with van der Waals surface area (Å²) in [5, 5.41) is 0. The van der Waals surface area contributed by atoms with E-state index in [1.165, 1.54) is 13.3 Å². The lowest BCUT2D eigenvalue weighted by Crippen LogP contribution is -2.57. The van der Waals surface area contributed by atoms with Crippen molar-refractivity contribution in [3.63, 3.8) is 0 Å². The number of carbonyl (C=O) groups excluding carboxylic acids is 1. The molecule has 0 bridgehead atoms. The summed E-state index contributed by atoms with van der Waals surface area (Å²) in [4.78, 5) is 24.2. The molecule has 6 nitrogen and oxygen atoms in total. The Balaban J connectivity index is 2.13. The third kappa shape index (κ3) is 2.84. The molecule has 0 radical (unpaired) electrons. The van der Waals surface area contributed by atoms with Crippen molar-refractivity contribution < 1.29 is 9.53 Å². The number of hydrogen-bond donors (Lipinski definition) is 0. The summed E-state index contributed by atoms with van der Waals surface area (Å²) < 4.78 is 4.61. The summed E-state index contributed by atoms with van der Waals surface area (Å²) in [7, 11) is 3.46. The second kappa shape index (κ2) is 5.13. The van der Waals surface area contributed by atoms with Gasteiger partial charge in [-0.2, -0.15) is 0 Å². The standard InChI is InChI=1S/C13H20N4O2/c1-13(2)9-17(6-5-16(13)3)11-8-14-10(7-15-11)12(18)19-4/h7-8H,5-6,9H2,1-4H3. The van der Waals surface area contributed by atoms with Gasteiger partial charge in [0, 0.05) is 25.2 Å². The Bertz CT molecular complexity index is 458. The number of likely N-dealkylation sites (N-methyl/N-ethyl adjacent to an activating group) is 1. The lowest BCUT2D eigenvalue weighted by atomic mass is 10.00. The van der Waals surface area contributed by atoms with Crippen LogP contribution in [0.25, 0.3) is 0 Å². The first-order valence-corrected chi connectivity index (χ1v) is 6.30. The van der Waals surface area contributed by atoms with Crippen LogP contribution in [-0.2, 0) is 4.74 Å². The maximum Gasteiger partial charge on any atom is 0.358 e. The zero-order chi connectivity index (χ0) is 14.0. The van der Waals surface area contributed by atoms with Gasteiger partial charge in [-0.1, -0.05) is 0 Å². The van der Waals surface area contributed by atoms with Crippen LogP contribution in [0.2, 0.25) is 0 Å². The van der Waals surface area contributed by atoms with Crippen LogP contribution in [0.5, 0.6) is 0 Å². The smallest absolute Gasteiger partial charge is 0.358 e. The lowest BCUT2D eigenvalue weighted by molar-refractivity contribution is 0.0593. The van der Waals surface area contributed by atoms with Crippen LogP contribution < -0.4 is 4.90 Å². The second-order valence-electron chi connectivity index (χ2n) is 5.41. The molecule has 0 saturated carbocycles. The number of methoxy groups -OCH3 is 1. The lowest BCUT2D eigenvalue weighted by Gasteiger charge is -2.45. The normalized spacial score (nSPS) is 19.3. The number of carbonyl (C=O) groups is 1. The van der Waals surface area contributed by atoms with Gasteiger partial charge in [-0.15, -0.1) is 0 Å². The predicted molar refractivity (Wildman–Crippen MR) is 72.3 cm³/mol. The number of ether oxygens (including phenoxy) is 1. The SMILES string of the molecule is COC(=O)c1cnc(N2CCN(C)C(C)(C)C2)cn1. The second-order valence-corrected chi connectivity index (χ2v) is 5.41. The largest absolute Gasteiger partial charge is 0.464 e. The fourth-order valence-electron chi connectivity index (χ4n) is 2.13. The number of nitrogens with zero attached hydrogens (tertiary/aromatic N) is 4. The molecule has 1 fully saturated rings. The van der Waals surface area contributed by atoms with Crippen molar-refractivity contribution in [1.29, 1.82) is 0 Å². The van der Waals surface area contributed by atoms with Crippen LogP contribution in [0.4, 0.5) is 5.82 Å². The molecule has 0 aliphatic carbocycles. The maximum absolute atomic E-state index is 11.3. The van der Waals surface area contributed by atoms with Crippen LogP contribution in [0.1, 0.15) is 24.3 Å². The Morgan fingerprint density at radius 2 is 2.05 bits per heavy atom. The van der Waals surface area contributed by atoms with Crippen LogP contribution in [0.3, 0.4) is 0 Å². The average Bonchev–Trinajstić information content (AvgIpc) is 2.41. The summed E-state index contributed by atoms with van der Waals surface area (Å²) in [5.74, 6) is 0.339. The van der Waals surface area contributed by atoms with Crippen molar-refractivity contribution in [3.8, 4) is 0 Å². The molecular formula is C13H20N4O2. The molecule has 1 saturated heterocycles. The number of aromatic nitrogens is 2. The van der Waals surface area contributed by atoms with E-state index in [1.807, 2.05) is 0 Å². The topological polar surface area (TPSA) is 58.6 Å². The van der Waals surface area contributed by atoms with Gasteiger partial charge in [-0.25, -0.2) is 14.8 Å². The summed E-state index contributed by atoms with van der Waals surface area (Å²) in [6, 6.07) is 0. The minimum atomic E-state index is -0.460. The van der Waals surface area contributed by atoms with Crippen molar-refractivity contribution in [1.82, 2.24) is 14.9 Å². The Morgan fingerprint density at radius 1 is 1.32 bits per heavy atom. The molecule has 0 spiro atoms. The number of hydrogen-bond acceptors (Lipinski definition) is 6. The van der Waals surface area contributed by atoms with Crippen molar-refractivity contribution in [2.45, 2.75) is 19.4 Å². The van der Waals surface area contributed by atoms with E-state index in [9.17, 15) is 4.79 Å². The highest BCUT2D eigenvalue weighted by molar-refractivity contribution is 5.86. The molecular weight excluding hydrogens is 244 g/mol. The number of rotatable bonds is 2. The molecule has 2 heterocycles. The zero-order valence-electron chi connectivity index (χ0n) is 11.9. The van der Waals surface area contributed by atoms with E-state index in [0.29, 0.717) is 0 Å². The molecule has 2 rings (SSSR count). The van der Waals surface area contributed by atoms with Crippen LogP contribution >= 0.6 is 0 Å². The molecule has 104 valence electrons. The van der Waals surface area contributed by atoms with Gasteiger partial charge in [-0.05, 0) is 20.9 Å². The van der Waals surface area contributed by atoms with E-state index >= 15 is 0 Å². The van der Waals surface area contributed by atoms with E-state index in [2.05, 4.69) is 45.4 Å². The molecule has 0 aromatic carbocycles. The molecule has 1 aliphatic rings. The fourth-order valence-corrected chi connectivity index (χ4v) is 2.13. The van der Waals surface area contributed by atoms with Gasteiger partial charge in [0.1, 0.15) is 5.82 Å². The molecule has 1 aliphatic heterocycles. The van der Waals surface area contributed by atoms with Gasteiger partial charge in [0.25, 0.3) is 0 Å². The van der Waals surface area contributed by atoms with Gasteiger partial charge in [0.05, 0.1) is 19.5 Å². The quantitative estimate of drug-likeness (QED) is 0.736. The summed E-state index contributed by atoms with van der Waals surface area (Å²) in [6.07, 6.45) is 3.10. The zero-order valence-corrected chi connectivity index (χ0v) is 11.9. The molecule has 0 N–H and O–H groups in total. The number of piperazine rings is 1. The average molecular weight is 264 g/mol. The van der Waals surface area contributed by atoms with Crippen molar-refractivity contribution in [3.05, 3.63) is 18.1 Å². The van der Waals surface area contributed by atoms with E-state index in [4.69, 9.17) is 0 Å². The van der Waals surface area contributed by atoms with Crippen LogP contribution in [0, 0.1) is 0 Å². The highest BCUT2D eigenvalue weighted by atomic mass is 16.5. The van der Waals surface area contributed by atoms with Crippen molar-refractivity contribution in [2.75, 3.05) is 38.7 Å². The van der Waals surface area contributed by atoms with Gasteiger partial charge in [0.15, 0.2) is 5.69 Å². The highest BCUT2D eigenvalue weighted by Gasteiger charge is 2.31. The Morgan fingerprint density at radius 3 is 2.58 bits per heavy atom. The van der Waals surface area contributed by atoms with Gasteiger partial charge in [0.2, 0.25) is 0 Å². The maximum atomic E-state index is 11.3.